The minimum atomic E-state index is 0.172. The predicted octanol–water partition coefficient (Wildman–Crippen LogP) is 3.68. The molecule has 0 saturated heterocycles. The molecule has 0 atom stereocenters. The number of rotatable bonds is 2. The first-order valence-corrected chi connectivity index (χ1v) is 6.13. The molecule has 0 aliphatic carbocycles. The lowest BCUT2D eigenvalue weighted by Gasteiger charge is -2.18. The molecule has 0 saturated carbocycles. The first-order valence-electron chi connectivity index (χ1n) is 6.13. The molecular weight excluding hydrogens is 210 g/mol. The fourth-order valence-corrected chi connectivity index (χ4v) is 1.82. The lowest BCUT2D eigenvalue weighted by Crippen LogP contribution is -2.10. The number of fused-ring (bicyclic) bond motifs is 1. The van der Waals surface area contributed by atoms with Crippen LogP contribution in [0, 0.1) is 0 Å². The third-order valence-corrected chi connectivity index (χ3v) is 2.77. The maximum absolute atomic E-state index is 4.51. The Morgan fingerprint density at radius 2 is 1.94 bits per heavy atom. The van der Waals surface area contributed by atoms with Gasteiger partial charge in [0.1, 0.15) is 0 Å². The molecule has 0 amide bonds. The van der Waals surface area contributed by atoms with Crippen molar-refractivity contribution < 1.29 is 0 Å². The number of nitrogens with one attached hydrogen (secondary N) is 2. The van der Waals surface area contributed by atoms with E-state index in [9.17, 15) is 0 Å². The quantitative estimate of drug-likeness (QED) is 0.827. The topological polar surface area (TPSA) is 40.7 Å². The molecule has 3 heteroatoms. The minimum Gasteiger partial charge on any atom is -0.354 e. The molecule has 0 aliphatic heterocycles. The van der Waals surface area contributed by atoms with Crippen molar-refractivity contribution in [3.05, 3.63) is 23.8 Å². The summed E-state index contributed by atoms with van der Waals surface area (Å²) in [5.41, 5.74) is 3.61. The van der Waals surface area contributed by atoms with Gasteiger partial charge in [0.15, 0.2) is 0 Å². The first-order chi connectivity index (χ1) is 7.86. The average molecular weight is 231 g/mol. The monoisotopic (exact) mass is 231 g/mol. The first kappa shape index (κ1) is 12.0. The molecule has 0 fully saturated rings. The smallest absolute Gasteiger partial charge is 0.201 e. The van der Waals surface area contributed by atoms with Crippen molar-refractivity contribution in [2.45, 2.75) is 46.1 Å². The number of imidazole rings is 1. The largest absolute Gasteiger partial charge is 0.354 e. The van der Waals surface area contributed by atoms with E-state index in [1.165, 1.54) is 5.56 Å². The number of aromatic nitrogens is 2. The van der Waals surface area contributed by atoms with Crippen LogP contribution in [0.3, 0.4) is 0 Å². The van der Waals surface area contributed by atoms with Gasteiger partial charge in [-0.3, -0.25) is 0 Å². The Morgan fingerprint density at radius 3 is 2.53 bits per heavy atom. The second kappa shape index (κ2) is 4.06. The van der Waals surface area contributed by atoms with Gasteiger partial charge in [-0.1, -0.05) is 26.8 Å². The minimum absolute atomic E-state index is 0.172. The van der Waals surface area contributed by atoms with Crippen LogP contribution < -0.4 is 5.32 Å². The van der Waals surface area contributed by atoms with E-state index in [-0.39, 0.29) is 5.41 Å². The second-order valence-electron chi connectivity index (χ2n) is 5.87. The van der Waals surface area contributed by atoms with Crippen molar-refractivity contribution >= 4 is 17.0 Å². The summed E-state index contributed by atoms with van der Waals surface area (Å²) in [6.45, 7) is 10.9. The van der Waals surface area contributed by atoms with E-state index < -0.39 is 0 Å². The molecule has 17 heavy (non-hydrogen) atoms. The number of nitrogens with zero attached hydrogens (tertiary/aromatic N) is 1. The summed E-state index contributed by atoms with van der Waals surface area (Å²) >= 11 is 0. The van der Waals surface area contributed by atoms with Crippen molar-refractivity contribution in [1.29, 1.82) is 0 Å². The van der Waals surface area contributed by atoms with Crippen molar-refractivity contribution in [2.24, 2.45) is 0 Å². The number of aromatic amines is 1. The van der Waals surface area contributed by atoms with Crippen LogP contribution in [0.4, 0.5) is 5.95 Å². The van der Waals surface area contributed by atoms with E-state index in [0.29, 0.717) is 6.04 Å². The van der Waals surface area contributed by atoms with Crippen LogP contribution in [-0.4, -0.2) is 16.0 Å². The van der Waals surface area contributed by atoms with Gasteiger partial charge in [-0.25, -0.2) is 4.98 Å². The van der Waals surface area contributed by atoms with Crippen molar-refractivity contribution in [1.82, 2.24) is 9.97 Å². The maximum atomic E-state index is 4.51. The molecule has 0 radical (unpaired) electrons. The molecule has 1 heterocycles. The third-order valence-electron chi connectivity index (χ3n) is 2.77. The average Bonchev–Trinajstić information content (AvgIpc) is 2.55. The Kier molecular flexibility index (Phi) is 2.86. The Bertz CT molecular complexity index is 518. The van der Waals surface area contributed by atoms with Crippen LogP contribution in [-0.2, 0) is 5.41 Å². The molecule has 0 bridgehead atoms. The van der Waals surface area contributed by atoms with Crippen LogP contribution in [0.5, 0.6) is 0 Å². The zero-order chi connectivity index (χ0) is 12.6. The van der Waals surface area contributed by atoms with E-state index in [1.54, 1.807) is 0 Å². The number of H-pyrrole nitrogens is 1. The highest BCUT2D eigenvalue weighted by Gasteiger charge is 2.14. The van der Waals surface area contributed by atoms with Crippen molar-refractivity contribution in [3.63, 3.8) is 0 Å². The fraction of sp³-hybridized carbons (Fsp3) is 0.500. The molecule has 0 unspecified atom stereocenters. The molecule has 3 nitrogen and oxygen atoms in total. The number of hydrogen-bond donors (Lipinski definition) is 2. The molecule has 92 valence electrons. The van der Waals surface area contributed by atoms with Crippen LogP contribution in [0.25, 0.3) is 11.0 Å². The molecule has 2 rings (SSSR count). The van der Waals surface area contributed by atoms with Crippen LogP contribution in [0.1, 0.15) is 40.2 Å². The van der Waals surface area contributed by atoms with E-state index in [0.717, 1.165) is 17.0 Å². The van der Waals surface area contributed by atoms with E-state index in [4.69, 9.17) is 0 Å². The van der Waals surface area contributed by atoms with Gasteiger partial charge in [-0.05, 0) is 37.0 Å². The van der Waals surface area contributed by atoms with Gasteiger partial charge >= 0.3 is 0 Å². The van der Waals surface area contributed by atoms with Gasteiger partial charge in [0.2, 0.25) is 5.95 Å². The van der Waals surface area contributed by atoms with Gasteiger partial charge in [0.05, 0.1) is 11.0 Å². The van der Waals surface area contributed by atoms with Gasteiger partial charge in [0, 0.05) is 6.04 Å². The molecular formula is C14H21N3. The lowest BCUT2D eigenvalue weighted by molar-refractivity contribution is 0.591. The van der Waals surface area contributed by atoms with Crippen LogP contribution >= 0.6 is 0 Å². The number of hydrogen-bond acceptors (Lipinski definition) is 2. The third kappa shape index (κ3) is 2.60. The lowest BCUT2D eigenvalue weighted by atomic mass is 9.87. The Hall–Kier alpha value is -1.51. The molecule has 2 N–H and O–H groups in total. The molecule has 0 spiro atoms. The summed E-state index contributed by atoms with van der Waals surface area (Å²) in [4.78, 5) is 7.83. The number of anilines is 1. The van der Waals surface area contributed by atoms with Crippen LogP contribution in [0.2, 0.25) is 0 Å². The number of benzene rings is 1. The molecule has 2 aromatic rings. The van der Waals surface area contributed by atoms with Gasteiger partial charge < -0.3 is 10.3 Å². The normalized spacial score (nSPS) is 12.4. The Morgan fingerprint density at radius 1 is 1.24 bits per heavy atom. The van der Waals surface area contributed by atoms with Gasteiger partial charge in [-0.15, -0.1) is 0 Å². The molecule has 0 aliphatic rings. The summed E-state index contributed by atoms with van der Waals surface area (Å²) in [6, 6.07) is 6.81. The SMILES string of the molecule is CC(C)Nc1nc2ccc(C(C)(C)C)cc2[nH]1. The summed E-state index contributed by atoms with van der Waals surface area (Å²) in [5.74, 6) is 0.848. The fourth-order valence-electron chi connectivity index (χ4n) is 1.82. The summed E-state index contributed by atoms with van der Waals surface area (Å²) in [6.07, 6.45) is 0. The maximum Gasteiger partial charge on any atom is 0.201 e. The van der Waals surface area contributed by atoms with E-state index in [1.807, 2.05) is 0 Å². The standard InChI is InChI=1S/C14H21N3/c1-9(2)15-13-16-11-7-6-10(14(3,4)5)8-12(11)17-13/h6-9H,1-5H3,(H2,15,16,17). The van der Waals surface area contributed by atoms with E-state index >= 15 is 0 Å². The summed E-state index contributed by atoms with van der Waals surface area (Å²) in [5, 5.41) is 3.29. The predicted molar refractivity (Wildman–Crippen MR) is 73.6 cm³/mol. The van der Waals surface area contributed by atoms with Gasteiger partial charge in [-0.2, -0.15) is 0 Å². The highest BCUT2D eigenvalue weighted by molar-refractivity contribution is 5.78. The van der Waals surface area contributed by atoms with Crippen molar-refractivity contribution in [2.75, 3.05) is 5.32 Å². The second-order valence-corrected chi connectivity index (χ2v) is 5.87. The van der Waals surface area contributed by atoms with Crippen molar-refractivity contribution in [3.8, 4) is 0 Å². The highest BCUT2D eigenvalue weighted by atomic mass is 15.1. The zero-order valence-corrected chi connectivity index (χ0v) is 11.3. The zero-order valence-electron chi connectivity index (χ0n) is 11.3. The van der Waals surface area contributed by atoms with E-state index in [2.05, 4.69) is 68.1 Å². The Labute approximate surface area is 103 Å². The Balaban J connectivity index is 2.41. The van der Waals surface area contributed by atoms with Crippen LogP contribution in [0.15, 0.2) is 18.2 Å². The summed E-state index contributed by atoms with van der Waals surface area (Å²) < 4.78 is 0. The highest BCUT2D eigenvalue weighted by Crippen LogP contribution is 2.25. The van der Waals surface area contributed by atoms with Gasteiger partial charge in [0.25, 0.3) is 0 Å². The molecule has 1 aromatic heterocycles. The summed E-state index contributed by atoms with van der Waals surface area (Å²) in [7, 11) is 0. The molecule has 1 aromatic carbocycles.